The second-order valence-electron chi connectivity index (χ2n) is 8.04. The fourth-order valence-electron chi connectivity index (χ4n) is 2.77. The summed E-state index contributed by atoms with van der Waals surface area (Å²) < 4.78 is 0. The molecule has 0 aliphatic carbocycles. The molecular weight excluding hydrogens is 300 g/mol. The average Bonchev–Trinajstić information content (AvgIpc) is 2.60. The molecule has 0 aliphatic heterocycles. The van der Waals surface area contributed by atoms with Crippen LogP contribution in [0.5, 0.6) is 0 Å². The summed E-state index contributed by atoms with van der Waals surface area (Å²) in [6.45, 7) is 24.3. The normalized spacial score (nSPS) is 12.0. The fraction of sp³-hybridized carbons (Fsp3) is 0.760. The Morgan fingerprint density at radius 2 is 1.28 bits per heavy atom. The van der Waals surface area contributed by atoms with Gasteiger partial charge in [-0.15, -0.1) is 0 Å². The largest absolute Gasteiger partial charge is 0.0683 e. The van der Waals surface area contributed by atoms with Gasteiger partial charge >= 0.3 is 0 Å². The van der Waals surface area contributed by atoms with Crippen molar-refractivity contribution in [3.8, 4) is 0 Å². The van der Waals surface area contributed by atoms with Crippen LogP contribution in [-0.2, 0) is 5.41 Å². The van der Waals surface area contributed by atoms with Crippen molar-refractivity contribution in [2.75, 3.05) is 0 Å². The van der Waals surface area contributed by atoms with Gasteiger partial charge in [0.25, 0.3) is 0 Å². The quantitative estimate of drug-likeness (QED) is 0.431. The zero-order chi connectivity index (χ0) is 20.0. The van der Waals surface area contributed by atoms with Crippen LogP contribution in [0.25, 0.3) is 0 Å². The van der Waals surface area contributed by atoms with Crippen LogP contribution in [0.4, 0.5) is 0 Å². The Kier molecular flexibility index (Phi) is 15.2. The lowest BCUT2D eigenvalue weighted by atomic mass is 9.81. The van der Waals surface area contributed by atoms with Gasteiger partial charge in [0, 0.05) is 0 Å². The van der Waals surface area contributed by atoms with Gasteiger partial charge in [-0.25, -0.2) is 0 Å². The van der Waals surface area contributed by atoms with E-state index in [2.05, 4.69) is 66.7 Å². The minimum atomic E-state index is 0.238. The fourth-order valence-corrected chi connectivity index (χ4v) is 2.77. The SMILES string of the molecule is CC.CC.CCCCCCC(C)c1cc(C(C)C)cc(C(C)(C)C)c1. The van der Waals surface area contributed by atoms with Crippen molar-refractivity contribution >= 4 is 0 Å². The summed E-state index contributed by atoms with van der Waals surface area (Å²) in [5, 5.41) is 0. The number of hydrogen-bond acceptors (Lipinski definition) is 0. The molecule has 148 valence electrons. The molecule has 0 heteroatoms. The average molecular weight is 349 g/mol. The lowest BCUT2D eigenvalue weighted by Gasteiger charge is -2.24. The Balaban J connectivity index is 0. The maximum atomic E-state index is 2.45. The van der Waals surface area contributed by atoms with Gasteiger partial charge in [0.05, 0.1) is 0 Å². The second-order valence-corrected chi connectivity index (χ2v) is 8.04. The minimum Gasteiger partial charge on any atom is -0.0683 e. The van der Waals surface area contributed by atoms with Crippen LogP contribution in [0.15, 0.2) is 18.2 Å². The maximum Gasteiger partial charge on any atom is -0.0132 e. The van der Waals surface area contributed by atoms with E-state index >= 15 is 0 Å². The van der Waals surface area contributed by atoms with E-state index in [4.69, 9.17) is 0 Å². The van der Waals surface area contributed by atoms with Crippen LogP contribution in [0.1, 0.15) is 137 Å². The van der Waals surface area contributed by atoms with Crippen LogP contribution in [0, 0.1) is 0 Å². The Hall–Kier alpha value is -0.780. The van der Waals surface area contributed by atoms with Crippen molar-refractivity contribution in [2.24, 2.45) is 0 Å². The molecule has 0 N–H and O–H groups in total. The van der Waals surface area contributed by atoms with E-state index in [1.807, 2.05) is 27.7 Å². The zero-order valence-electron chi connectivity index (χ0n) is 19.4. The van der Waals surface area contributed by atoms with E-state index in [1.54, 1.807) is 5.56 Å². The van der Waals surface area contributed by atoms with Gasteiger partial charge in [0.15, 0.2) is 0 Å². The second kappa shape index (κ2) is 14.4. The van der Waals surface area contributed by atoms with Gasteiger partial charge in [-0.2, -0.15) is 0 Å². The zero-order valence-corrected chi connectivity index (χ0v) is 19.4. The van der Waals surface area contributed by atoms with Gasteiger partial charge in [-0.1, -0.05) is 120 Å². The first-order valence-electron chi connectivity index (χ1n) is 10.9. The Morgan fingerprint density at radius 1 is 0.760 bits per heavy atom. The summed E-state index contributed by atoms with van der Waals surface area (Å²) in [5.41, 5.74) is 4.77. The van der Waals surface area contributed by atoms with Crippen LogP contribution in [0.3, 0.4) is 0 Å². The molecule has 0 heterocycles. The van der Waals surface area contributed by atoms with E-state index in [1.165, 1.54) is 43.2 Å². The third-order valence-electron chi connectivity index (χ3n) is 4.57. The lowest BCUT2D eigenvalue weighted by molar-refractivity contribution is 0.569. The van der Waals surface area contributed by atoms with Gasteiger partial charge in [-0.05, 0) is 40.4 Å². The summed E-state index contributed by atoms with van der Waals surface area (Å²) in [4.78, 5) is 0. The van der Waals surface area contributed by atoms with E-state index in [0.29, 0.717) is 11.8 Å². The molecule has 0 radical (unpaired) electrons. The molecule has 0 aliphatic rings. The predicted molar refractivity (Wildman–Crippen MR) is 119 cm³/mol. The molecule has 0 nitrogen and oxygen atoms in total. The molecule has 0 aromatic heterocycles. The number of benzene rings is 1. The Bertz CT molecular complexity index is 420. The lowest BCUT2D eigenvalue weighted by Crippen LogP contribution is -2.13. The molecule has 0 spiro atoms. The molecular formula is C25H48. The Labute approximate surface area is 160 Å². The van der Waals surface area contributed by atoms with Gasteiger partial charge in [-0.3, -0.25) is 0 Å². The van der Waals surface area contributed by atoms with Crippen LogP contribution < -0.4 is 0 Å². The molecule has 0 bridgehead atoms. The van der Waals surface area contributed by atoms with Crippen molar-refractivity contribution in [3.05, 3.63) is 34.9 Å². The van der Waals surface area contributed by atoms with Crippen LogP contribution in [0.2, 0.25) is 0 Å². The predicted octanol–water partition coefficient (Wildman–Crippen LogP) is 9.23. The third-order valence-corrected chi connectivity index (χ3v) is 4.57. The van der Waals surface area contributed by atoms with E-state index in [9.17, 15) is 0 Å². The molecule has 1 aromatic carbocycles. The standard InChI is InChI=1S/C21H36.2C2H6/c1-8-9-10-11-12-17(4)19-13-18(16(2)3)14-20(15-19)21(5,6)7;2*1-2/h13-17H,8-12H2,1-7H3;2*1-2H3. The highest BCUT2D eigenvalue weighted by Gasteiger charge is 2.18. The summed E-state index contributed by atoms with van der Waals surface area (Å²) >= 11 is 0. The first-order valence-corrected chi connectivity index (χ1v) is 10.9. The van der Waals surface area contributed by atoms with Crippen molar-refractivity contribution in [1.29, 1.82) is 0 Å². The number of rotatable bonds is 7. The smallest absolute Gasteiger partial charge is 0.0132 e. The number of unbranched alkanes of at least 4 members (excludes halogenated alkanes) is 3. The maximum absolute atomic E-state index is 2.45. The van der Waals surface area contributed by atoms with Crippen LogP contribution in [-0.4, -0.2) is 0 Å². The van der Waals surface area contributed by atoms with Gasteiger partial charge in [0.2, 0.25) is 0 Å². The summed E-state index contributed by atoms with van der Waals surface area (Å²) in [6.07, 6.45) is 6.78. The molecule has 25 heavy (non-hydrogen) atoms. The van der Waals surface area contributed by atoms with Gasteiger partial charge in [0.1, 0.15) is 0 Å². The molecule has 1 rings (SSSR count). The third kappa shape index (κ3) is 10.7. The minimum absolute atomic E-state index is 0.238. The first-order chi connectivity index (χ1) is 11.8. The molecule has 0 saturated heterocycles. The summed E-state index contributed by atoms with van der Waals surface area (Å²) in [7, 11) is 0. The van der Waals surface area contributed by atoms with E-state index < -0.39 is 0 Å². The highest BCUT2D eigenvalue weighted by molar-refractivity contribution is 5.37. The number of hydrogen-bond donors (Lipinski definition) is 0. The Morgan fingerprint density at radius 3 is 1.72 bits per heavy atom. The molecule has 1 aromatic rings. The first kappa shape index (κ1) is 26.4. The van der Waals surface area contributed by atoms with E-state index in [-0.39, 0.29) is 5.41 Å². The van der Waals surface area contributed by atoms with Crippen molar-refractivity contribution in [1.82, 2.24) is 0 Å². The monoisotopic (exact) mass is 348 g/mol. The molecule has 0 saturated carbocycles. The highest BCUT2D eigenvalue weighted by atomic mass is 14.2. The van der Waals surface area contributed by atoms with Crippen LogP contribution >= 0.6 is 0 Å². The van der Waals surface area contributed by atoms with Crippen molar-refractivity contribution in [3.63, 3.8) is 0 Å². The summed E-state index contributed by atoms with van der Waals surface area (Å²) in [5.74, 6) is 1.29. The topological polar surface area (TPSA) is 0 Å². The van der Waals surface area contributed by atoms with Crippen molar-refractivity contribution < 1.29 is 0 Å². The van der Waals surface area contributed by atoms with Crippen molar-refractivity contribution in [2.45, 2.75) is 126 Å². The molecule has 0 fully saturated rings. The van der Waals surface area contributed by atoms with Gasteiger partial charge < -0.3 is 0 Å². The summed E-state index contributed by atoms with van der Waals surface area (Å²) in [6, 6.07) is 7.32. The van der Waals surface area contributed by atoms with E-state index in [0.717, 1.165) is 0 Å². The molecule has 1 unspecified atom stereocenters. The highest BCUT2D eigenvalue weighted by Crippen LogP contribution is 2.31. The molecule has 1 atom stereocenters. The molecule has 0 amide bonds.